The Kier molecular flexibility index (Phi) is 29.7. The first-order chi connectivity index (χ1) is 11.8. The van der Waals surface area contributed by atoms with Gasteiger partial charge in [0.05, 0.1) is 79.3 Å². The van der Waals surface area contributed by atoms with Crippen molar-refractivity contribution in [2.75, 3.05) is 85.9 Å². The Morgan fingerprint density at radius 3 is 0.917 bits per heavy atom. The van der Waals surface area contributed by atoms with E-state index in [0.29, 0.717) is 72.7 Å². The number of hydrogen-bond donors (Lipinski definition) is 3. The molecule has 148 valence electrons. The molecule has 0 radical (unpaired) electrons. The number of hydrogen-bond acceptors (Lipinski definition) is 8. The Hall–Kier alpha value is -0.320. The second-order valence-electron chi connectivity index (χ2n) is 4.59. The number of aliphatic hydroxyl groups excluding tert-OH is 3. The second kappa shape index (κ2) is 27.5. The zero-order valence-electron chi connectivity index (χ0n) is 15.0. The standard InChI is InChI=1S/C12H26O7.C4H10O/c13-1-3-15-5-7-17-9-11-19-12-10-18-8-6-16-4-2-14;1-2-3-4-5/h13-14H,1-12H2;5H,2-4H2,1H3. The molecule has 24 heavy (non-hydrogen) atoms. The smallest absolute Gasteiger partial charge is 0.0701 e. The monoisotopic (exact) mass is 356 g/mol. The molecule has 0 aromatic rings. The molecule has 0 amide bonds. The lowest BCUT2D eigenvalue weighted by molar-refractivity contribution is -0.0151. The SMILES string of the molecule is CCCCO.OCCOCCOCCOCCOCCOCCO. The van der Waals surface area contributed by atoms with Crippen molar-refractivity contribution in [1.82, 2.24) is 0 Å². The van der Waals surface area contributed by atoms with Gasteiger partial charge in [-0.3, -0.25) is 0 Å². The largest absolute Gasteiger partial charge is 0.396 e. The van der Waals surface area contributed by atoms with Crippen LogP contribution in [0.15, 0.2) is 0 Å². The van der Waals surface area contributed by atoms with E-state index in [9.17, 15) is 0 Å². The second-order valence-corrected chi connectivity index (χ2v) is 4.59. The van der Waals surface area contributed by atoms with Gasteiger partial charge in [0.15, 0.2) is 0 Å². The highest BCUT2D eigenvalue weighted by Crippen LogP contribution is 1.83. The summed E-state index contributed by atoms with van der Waals surface area (Å²) in [4.78, 5) is 0. The van der Waals surface area contributed by atoms with Gasteiger partial charge in [-0.1, -0.05) is 13.3 Å². The molecule has 0 bridgehead atoms. The minimum absolute atomic E-state index is 0.0359. The molecule has 0 atom stereocenters. The van der Waals surface area contributed by atoms with Gasteiger partial charge in [-0.15, -0.1) is 0 Å². The number of unbranched alkanes of at least 4 members (excludes halogenated alkanes) is 1. The molecular formula is C16H36O8. The third kappa shape index (κ3) is 29.7. The molecule has 0 aromatic carbocycles. The molecule has 0 unspecified atom stereocenters. The van der Waals surface area contributed by atoms with Crippen LogP contribution in [-0.2, 0) is 23.7 Å². The molecule has 0 saturated heterocycles. The molecule has 0 heterocycles. The van der Waals surface area contributed by atoms with Gasteiger partial charge in [-0.2, -0.15) is 0 Å². The lowest BCUT2D eigenvalue weighted by Gasteiger charge is -2.07. The summed E-state index contributed by atoms with van der Waals surface area (Å²) in [7, 11) is 0. The summed E-state index contributed by atoms with van der Waals surface area (Å²) in [5.74, 6) is 0. The van der Waals surface area contributed by atoms with Gasteiger partial charge < -0.3 is 39.0 Å². The fraction of sp³-hybridized carbons (Fsp3) is 1.00. The van der Waals surface area contributed by atoms with Crippen LogP contribution in [0.4, 0.5) is 0 Å². The molecule has 3 N–H and O–H groups in total. The van der Waals surface area contributed by atoms with E-state index in [1.165, 1.54) is 0 Å². The summed E-state index contributed by atoms with van der Waals surface area (Å²) in [6.45, 7) is 7.20. The summed E-state index contributed by atoms with van der Waals surface area (Å²) < 4.78 is 25.8. The summed E-state index contributed by atoms with van der Waals surface area (Å²) in [6.07, 6.45) is 2.04. The van der Waals surface area contributed by atoms with Crippen LogP contribution in [0.5, 0.6) is 0 Å². The van der Waals surface area contributed by atoms with Crippen LogP contribution in [-0.4, -0.2) is 101 Å². The van der Waals surface area contributed by atoms with Crippen molar-refractivity contribution in [3.05, 3.63) is 0 Å². The van der Waals surface area contributed by atoms with E-state index in [1.807, 2.05) is 0 Å². The Morgan fingerprint density at radius 2 is 0.750 bits per heavy atom. The fourth-order valence-corrected chi connectivity index (χ4v) is 1.27. The Bertz CT molecular complexity index is 177. The van der Waals surface area contributed by atoms with Crippen LogP contribution < -0.4 is 0 Å². The van der Waals surface area contributed by atoms with Gasteiger partial charge in [-0.25, -0.2) is 0 Å². The highest BCUT2D eigenvalue weighted by atomic mass is 16.6. The summed E-state index contributed by atoms with van der Waals surface area (Å²) in [5.41, 5.74) is 0. The van der Waals surface area contributed by atoms with Crippen molar-refractivity contribution < 1.29 is 39.0 Å². The summed E-state index contributed by atoms with van der Waals surface area (Å²) in [5, 5.41) is 25.0. The highest BCUT2D eigenvalue weighted by Gasteiger charge is 1.92. The fourth-order valence-electron chi connectivity index (χ4n) is 1.27. The predicted octanol–water partition coefficient (Wildman–Crippen LogP) is -0.167. The minimum atomic E-state index is 0.0359. The molecule has 8 nitrogen and oxygen atoms in total. The van der Waals surface area contributed by atoms with E-state index in [-0.39, 0.29) is 13.2 Å². The van der Waals surface area contributed by atoms with Crippen LogP contribution in [0.3, 0.4) is 0 Å². The number of rotatable bonds is 18. The maximum Gasteiger partial charge on any atom is 0.0701 e. The molecule has 0 rings (SSSR count). The van der Waals surface area contributed by atoms with Gasteiger partial charge in [-0.05, 0) is 6.42 Å². The van der Waals surface area contributed by atoms with Crippen LogP contribution in [0, 0.1) is 0 Å². The topological polar surface area (TPSA) is 107 Å². The van der Waals surface area contributed by atoms with Gasteiger partial charge >= 0.3 is 0 Å². The predicted molar refractivity (Wildman–Crippen MR) is 90.3 cm³/mol. The van der Waals surface area contributed by atoms with Crippen LogP contribution in [0.25, 0.3) is 0 Å². The van der Waals surface area contributed by atoms with E-state index in [2.05, 4.69) is 6.92 Å². The Morgan fingerprint density at radius 1 is 0.458 bits per heavy atom. The summed E-state index contributed by atoms with van der Waals surface area (Å²) in [6, 6.07) is 0. The van der Waals surface area contributed by atoms with Gasteiger partial charge in [0, 0.05) is 6.61 Å². The first-order valence-electron chi connectivity index (χ1n) is 8.54. The average molecular weight is 356 g/mol. The zero-order valence-corrected chi connectivity index (χ0v) is 15.0. The lowest BCUT2D eigenvalue weighted by Crippen LogP contribution is -2.14. The average Bonchev–Trinajstić information content (AvgIpc) is 2.60. The van der Waals surface area contributed by atoms with E-state index >= 15 is 0 Å². The summed E-state index contributed by atoms with van der Waals surface area (Å²) >= 11 is 0. The molecule has 0 aliphatic heterocycles. The molecule has 8 heteroatoms. The lowest BCUT2D eigenvalue weighted by atomic mass is 10.4. The highest BCUT2D eigenvalue weighted by molar-refractivity contribution is 4.35. The van der Waals surface area contributed by atoms with Crippen molar-refractivity contribution in [3.8, 4) is 0 Å². The molecule has 0 aliphatic carbocycles. The van der Waals surface area contributed by atoms with E-state index in [1.54, 1.807) is 0 Å². The molecule has 0 spiro atoms. The molecule has 0 saturated carbocycles. The molecule has 0 fully saturated rings. The van der Waals surface area contributed by atoms with Gasteiger partial charge in [0.2, 0.25) is 0 Å². The maximum atomic E-state index is 8.45. The normalized spacial score (nSPS) is 10.5. The van der Waals surface area contributed by atoms with Crippen molar-refractivity contribution in [1.29, 1.82) is 0 Å². The van der Waals surface area contributed by atoms with Crippen molar-refractivity contribution in [3.63, 3.8) is 0 Å². The van der Waals surface area contributed by atoms with Crippen molar-refractivity contribution in [2.45, 2.75) is 19.8 Å². The van der Waals surface area contributed by atoms with Crippen LogP contribution >= 0.6 is 0 Å². The third-order valence-corrected chi connectivity index (χ3v) is 2.47. The molecule has 0 aliphatic rings. The maximum absolute atomic E-state index is 8.45. The first-order valence-corrected chi connectivity index (χ1v) is 8.54. The minimum Gasteiger partial charge on any atom is -0.396 e. The quantitative estimate of drug-likeness (QED) is 0.291. The Labute approximate surface area is 145 Å². The van der Waals surface area contributed by atoms with E-state index in [4.69, 9.17) is 39.0 Å². The van der Waals surface area contributed by atoms with Gasteiger partial charge in [0.1, 0.15) is 0 Å². The number of ether oxygens (including phenoxy) is 5. The van der Waals surface area contributed by atoms with E-state index in [0.717, 1.165) is 12.8 Å². The van der Waals surface area contributed by atoms with Crippen LogP contribution in [0.2, 0.25) is 0 Å². The van der Waals surface area contributed by atoms with Crippen molar-refractivity contribution in [2.24, 2.45) is 0 Å². The van der Waals surface area contributed by atoms with Gasteiger partial charge in [0.25, 0.3) is 0 Å². The number of aliphatic hydroxyl groups is 3. The van der Waals surface area contributed by atoms with Crippen LogP contribution in [0.1, 0.15) is 19.8 Å². The molecule has 0 aromatic heterocycles. The Balaban J connectivity index is 0. The van der Waals surface area contributed by atoms with Crippen molar-refractivity contribution >= 4 is 0 Å². The third-order valence-electron chi connectivity index (χ3n) is 2.47. The molecular weight excluding hydrogens is 320 g/mol. The first kappa shape index (κ1) is 25.9. The zero-order chi connectivity index (χ0) is 18.1. The van der Waals surface area contributed by atoms with E-state index < -0.39 is 0 Å².